The van der Waals surface area contributed by atoms with E-state index in [1.165, 1.54) is 0 Å². The lowest BCUT2D eigenvalue weighted by atomic mass is 9.96. The number of carbonyl (C=O) groups excluding carboxylic acids is 2. The molecule has 0 aromatic carbocycles. The minimum Gasteiger partial charge on any atom is -0.350 e. The van der Waals surface area contributed by atoms with Crippen LogP contribution in [0.2, 0.25) is 0 Å². The Morgan fingerprint density at radius 1 is 1.32 bits per heavy atom. The Morgan fingerprint density at radius 2 is 1.89 bits per heavy atom. The highest BCUT2D eigenvalue weighted by atomic mass is 35.5. The molecule has 1 atom stereocenters. The summed E-state index contributed by atoms with van der Waals surface area (Å²) in [6.07, 6.45) is 3.29. The lowest BCUT2D eigenvalue weighted by molar-refractivity contribution is -0.127. The molecule has 0 bridgehead atoms. The van der Waals surface area contributed by atoms with Gasteiger partial charge >= 0.3 is 6.03 Å². The zero-order chi connectivity index (χ0) is 13.6. The molecule has 1 aliphatic rings. The van der Waals surface area contributed by atoms with Gasteiger partial charge in [-0.05, 0) is 26.7 Å². The van der Waals surface area contributed by atoms with Gasteiger partial charge in [0.2, 0.25) is 5.91 Å². The van der Waals surface area contributed by atoms with E-state index < -0.39 is 5.54 Å². The number of nitrogens with two attached hydrogens (primary N) is 1. The smallest absolute Gasteiger partial charge is 0.315 e. The maximum absolute atomic E-state index is 12.3. The number of hydrogen-bond donors (Lipinski definition) is 4. The third-order valence-corrected chi connectivity index (χ3v) is 3.31. The average molecular weight is 293 g/mol. The van der Waals surface area contributed by atoms with Gasteiger partial charge in [0.1, 0.15) is 5.54 Å². The number of carbonyl (C=O) groups is 2. The van der Waals surface area contributed by atoms with Crippen LogP contribution in [0.3, 0.4) is 0 Å². The summed E-state index contributed by atoms with van der Waals surface area (Å²) in [7, 11) is 0. The van der Waals surface area contributed by atoms with E-state index in [4.69, 9.17) is 5.73 Å². The van der Waals surface area contributed by atoms with Crippen LogP contribution < -0.4 is 21.7 Å². The second-order valence-corrected chi connectivity index (χ2v) is 4.88. The summed E-state index contributed by atoms with van der Waals surface area (Å²) < 4.78 is 0. The van der Waals surface area contributed by atoms with Crippen molar-refractivity contribution in [2.45, 2.75) is 51.1 Å². The Hall–Kier alpha value is -1.01. The van der Waals surface area contributed by atoms with Crippen LogP contribution in [0.25, 0.3) is 0 Å². The van der Waals surface area contributed by atoms with Crippen molar-refractivity contribution in [2.75, 3.05) is 13.1 Å². The largest absolute Gasteiger partial charge is 0.350 e. The van der Waals surface area contributed by atoms with Crippen LogP contribution in [-0.2, 0) is 4.79 Å². The van der Waals surface area contributed by atoms with Crippen molar-refractivity contribution in [1.82, 2.24) is 16.0 Å². The highest BCUT2D eigenvalue weighted by Crippen LogP contribution is 2.30. The predicted octanol–water partition coefficient (Wildman–Crippen LogP) is 0.504. The van der Waals surface area contributed by atoms with Crippen LogP contribution in [0.4, 0.5) is 4.79 Å². The van der Waals surface area contributed by atoms with Gasteiger partial charge in [-0.15, -0.1) is 12.4 Å². The normalized spacial score (nSPS) is 18.1. The van der Waals surface area contributed by atoms with Crippen LogP contribution in [0.5, 0.6) is 0 Å². The molecule has 0 aliphatic heterocycles. The fraction of sp³-hybridized carbons (Fsp3) is 0.833. The lowest BCUT2D eigenvalue weighted by Gasteiger charge is -2.30. The Kier molecular flexibility index (Phi) is 7.78. The third kappa shape index (κ3) is 4.87. The molecule has 5 N–H and O–H groups in total. The molecular weight excluding hydrogens is 268 g/mol. The van der Waals surface area contributed by atoms with Crippen molar-refractivity contribution >= 4 is 24.3 Å². The second-order valence-electron chi connectivity index (χ2n) is 4.88. The summed E-state index contributed by atoms with van der Waals surface area (Å²) in [6, 6.07) is -0.360. The highest BCUT2D eigenvalue weighted by molar-refractivity contribution is 5.91. The van der Waals surface area contributed by atoms with Gasteiger partial charge in [0.25, 0.3) is 0 Å². The molecule has 7 heteroatoms. The van der Waals surface area contributed by atoms with Crippen molar-refractivity contribution < 1.29 is 9.59 Å². The predicted molar refractivity (Wildman–Crippen MR) is 77.3 cm³/mol. The Labute approximate surface area is 120 Å². The molecule has 1 saturated carbocycles. The maximum atomic E-state index is 12.3. The molecule has 0 aromatic heterocycles. The minimum atomic E-state index is -0.761. The van der Waals surface area contributed by atoms with Crippen LogP contribution >= 0.6 is 12.4 Å². The van der Waals surface area contributed by atoms with E-state index in [-0.39, 0.29) is 30.4 Å². The molecule has 19 heavy (non-hydrogen) atoms. The first kappa shape index (κ1) is 18.0. The summed E-state index contributed by atoms with van der Waals surface area (Å²) in [5.74, 6) is -0.121. The zero-order valence-corrected chi connectivity index (χ0v) is 12.4. The average Bonchev–Trinajstić information content (AvgIpc) is 2.78. The Morgan fingerprint density at radius 3 is 2.37 bits per heavy atom. The van der Waals surface area contributed by atoms with E-state index in [1.807, 2.05) is 13.8 Å². The molecule has 6 nitrogen and oxygen atoms in total. The quantitative estimate of drug-likeness (QED) is 0.594. The maximum Gasteiger partial charge on any atom is 0.315 e. The number of halogens is 1. The van der Waals surface area contributed by atoms with Gasteiger partial charge in [-0.1, -0.05) is 12.8 Å². The molecule has 0 heterocycles. The van der Waals surface area contributed by atoms with Crippen LogP contribution in [0.1, 0.15) is 39.5 Å². The van der Waals surface area contributed by atoms with Crippen LogP contribution in [0, 0.1) is 0 Å². The fourth-order valence-corrected chi connectivity index (χ4v) is 2.23. The molecule has 0 unspecified atom stereocenters. The molecule has 0 aromatic rings. The number of hydrogen-bond acceptors (Lipinski definition) is 3. The Balaban J connectivity index is 0.00000324. The van der Waals surface area contributed by atoms with Gasteiger partial charge in [-0.2, -0.15) is 0 Å². The molecule has 112 valence electrons. The first-order valence-electron chi connectivity index (χ1n) is 6.61. The summed E-state index contributed by atoms with van der Waals surface area (Å²) >= 11 is 0. The SMILES string of the molecule is CCNC(=O)NC1(C(=O)N[C@@H](C)CN)CCCC1.Cl. The van der Waals surface area contributed by atoms with Crippen molar-refractivity contribution in [2.24, 2.45) is 5.73 Å². The minimum absolute atomic E-state index is 0. The summed E-state index contributed by atoms with van der Waals surface area (Å²) in [5, 5.41) is 8.34. The van der Waals surface area contributed by atoms with E-state index in [1.54, 1.807) is 0 Å². The lowest BCUT2D eigenvalue weighted by Crippen LogP contribution is -2.60. The summed E-state index contributed by atoms with van der Waals surface area (Å²) in [4.78, 5) is 23.9. The van der Waals surface area contributed by atoms with Crippen molar-refractivity contribution in [3.05, 3.63) is 0 Å². The standard InChI is InChI=1S/C12H24N4O2.ClH/c1-3-14-11(18)16-12(6-4-5-7-12)10(17)15-9(2)8-13;/h9H,3-8,13H2,1-2H3,(H,15,17)(H2,14,16,18);1H/t9-;/m0./s1. The van der Waals surface area contributed by atoms with Crippen molar-refractivity contribution in [3.63, 3.8) is 0 Å². The first-order chi connectivity index (χ1) is 8.54. The molecular formula is C12H25ClN4O2. The van der Waals surface area contributed by atoms with Gasteiger partial charge in [0.05, 0.1) is 0 Å². The topological polar surface area (TPSA) is 96.2 Å². The van der Waals surface area contributed by atoms with Crippen LogP contribution in [-0.4, -0.2) is 36.6 Å². The zero-order valence-electron chi connectivity index (χ0n) is 11.6. The number of amides is 3. The molecule has 3 amide bonds. The van der Waals surface area contributed by atoms with E-state index in [2.05, 4.69) is 16.0 Å². The van der Waals surface area contributed by atoms with E-state index in [0.717, 1.165) is 12.8 Å². The van der Waals surface area contributed by atoms with Crippen LogP contribution in [0.15, 0.2) is 0 Å². The van der Waals surface area contributed by atoms with Gasteiger partial charge in [-0.3, -0.25) is 4.79 Å². The van der Waals surface area contributed by atoms with E-state index in [9.17, 15) is 9.59 Å². The molecule has 1 aliphatic carbocycles. The first-order valence-corrected chi connectivity index (χ1v) is 6.61. The molecule has 1 rings (SSSR count). The van der Waals surface area contributed by atoms with Crippen molar-refractivity contribution in [3.8, 4) is 0 Å². The molecule has 0 spiro atoms. The second kappa shape index (κ2) is 8.22. The summed E-state index contributed by atoms with van der Waals surface area (Å²) in [5.41, 5.74) is 4.74. The third-order valence-electron chi connectivity index (χ3n) is 3.31. The molecule has 0 radical (unpaired) electrons. The monoisotopic (exact) mass is 292 g/mol. The summed E-state index contributed by atoms with van der Waals surface area (Å²) in [6.45, 7) is 4.63. The van der Waals surface area contributed by atoms with Gasteiger partial charge in [0, 0.05) is 19.1 Å². The highest BCUT2D eigenvalue weighted by Gasteiger charge is 2.42. The number of urea groups is 1. The molecule has 0 saturated heterocycles. The Bertz CT molecular complexity index is 306. The van der Waals surface area contributed by atoms with Gasteiger partial charge < -0.3 is 21.7 Å². The van der Waals surface area contributed by atoms with E-state index in [0.29, 0.717) is 25.9 Å². The van der Waals surface area contributed by atoms with E-state index >= 15 is 0 Å². The number of nitrogens with one attached hydrogen (secondary N) is 3. The van der Waals surface area contributed by atoms with Crippen molar-refractivity contribution in [1.29, 1.82) is 0 Å². The number of rotatable bonds is 5. The molecule has 1 fully saturated rings. The van der Waals surface area contributed by atoms with Gasteiger partial charge in [0.15, 0.2) is 0 Å². The van der Waals surface area contributed by atoms with Gasteiger partial charge in [-0.25, -0.2) is 4.79 Å². The fourth-order valence-electron chi connectivity index (χ4n) is 2.23.